The summed E-state index contributed by atoms with van der Waals surface area (Å²) in [5.74, 6) is -1.14. The van der Waals surface area contributed by atoms with Gasteiger partial charge < -0.3 is 14.5 Å². The van der Waals surface area contributed by atoms with E-state index >= 15 is 0 Å². The molecule has 2 aromatic rings. The second-order valence-corrected chi connectivity index (χ2v) is 6.42. The fourth-order valence-corrected chi connectivity index (χ4v) is 3.30. The molecule has 5 nitrogen and oxygen atoms in total. The van der Waals surface area contributed by atoms with Crippen molar-refractivity contribution in [1.82, 2.24) is 0 Å². The van der Waals surface area contributed by atoms with Gasteiger partial charge in [-0.2, -0.15) is 0 Å². The van der Waals surface area contributed by atoms with Gasteiger partial charge in [-0.25, -0.2) is 9.18 Å². The van der Waals surface area contributed by atoms with Gasteiger partial charge in [-0.3, -0.25) is 4.79 Å². The average Bonchev–Trinajstić information content (AvgIpc) is 2.65. The van der Waals surface area contributed by atoms with Crippen molar-refractivity contribution in [2.24, 2.45) is 0 Å². The van der Waals surface area contributed by atoms with Crippen molar-refractivity contribution in [3.63, 3.8) is 0 Å². The van der Waals surface area contributed by atoms with E-state index in [0.717, 1.165) is 12.0 Å². The van der Waals surface area contributed by atoms with Gasteiger partial charge in [0, 0.05) is 31.9 Å². The van der Waals surface area contributed by atoms with Gasteiger partial charge in [-0.05, 0) is 48.7 Å². The van der Waals surface area contributed by atoms with Crippen molar-refractivity contribution in [2.75, 3.05) is 37.5 Å². The first-order valence-corrected chi connectivity index (χ1v) is 8.43. The second kappa shape index (κ2) is 7.15. The molecule has 0 radical (unpaired) electrons. The molecule has 6 heteroatoms. The number of fused-ring (bicyclic) bond motifs is 1. The number of carbonyl (C=O) groups excluding carboxylic acids is 2. The molecule has 0 N–H and O–H groups in total. The lowest BCUT2D eigenvalue weighted by molar-refractivity contribution is 0.0599. The lowest BCUT2D eigenvalue weighted by Gasteiger charge is -2.30. The predicted molar refractivity (Wildman–Crippen MR) is 98.5 cm³/mol. The molecular weight excluding hydrogens is 335 g/mol. The lowest BCUT2D eigenvalue weighted by Crippen LogP contribution is -2.36. The van der Waals surface area contributed by atoms with Gasteiger partial charge in [0.1, 0.15) is 5.82 Å². The van der Waals surface area contributed by atoms with Gasteiger partial charge in [0.25, 0.3) is 5.91 Å². The maximum Gasteiger partial charge on any atom is 0.338 e. The molecule has 1 aliphatic rings. The summed E-state index contributed by atoms with van der Waals surface area (Å²) < 4.78 is 19.1. The molecule has 0 fully saturated rings. The van der Waals surface area contributed by atoms with Gasteiger partial charge >= 0.3 is 5.97 Å². The molecule has 0 aromatic heterocycles. The number of nitrogens with zero attached hydrogens (tertiary/aromatic N) is 2. The van der Waals surface area contributed by atoms with Crippen LogP contribution in [0.1, 0.15) is 32.7 Å². The third-order valence-electron chi connectivity index (χ3n) is 4.58. The Bertz CT molecular complexity index is 864. The Balaban J connectivity index is 1.98. The summed E-state index contributed by atoms with van der Waals surface area (Å²) in [5, 5.41) is 0. The van der Waals surface area contributed by atoms with Crippen molar-refractivity contribution >= 4 is 23.3 Å². The molecule has 136 valence electrons. The highest BCUT2D eigenvalue weighted by Gasteiger charge is 2.27. The summed E-state index contributed by atoms with van der Waals surface area (Å²) in [7, 11) is 4.83. The normalized spacial score (nSPS) is 13.2. The fourth-order valence-electron chi connectivity index (χ4n) is 3.30. The minimum atomic E-state index is -0.443. The molecule has 2 aromatic carbocycles. The van der Waals surface area contributed by atoms with Crippen LogP contribution in [-0.4, -0.2) is 39.6 Å². The third kappa shape index (κ3) is 3.14. The first-order valence-electron chi connectivity index (χ1n) is 8.43. The zero-order valence-corrected chi connectivity index (χ0v) is 15.1. The Morgan fingerprint density at radius 1 is 1.19 bits per heavy atom. The molecule has 0 saturated carbocycles. The number of halogens is 1. The Morgan fingerprint density at radius 2 is 1.96 bits per heavy atom. The molecule has 1 amide bonds. The summed E-state index contributed by atoms with van der Waals surface area (Å²) in [4.78, 5) is 28.2. The highest BCUT2D eigenvalue weighted by molar-refractivity contribution is 6.08. The molecule has 0 unspecified atom stereocenters. The summed E-state index contributed by atoms with van der Waals surface area (Å²) in [6, 6.07) is 9.72. The van der Waals surface area contributed by atoms with Crippen LogP contribution in [0.3, 0.4) is 0 Å². The summed E-state index contributed by atoms with van der Waals surface area (Å²) >= 11 is 0. The largest absolute Gasteiger partial charge is 0.465 e. The summed E-state index contributed by atoms with van der Waals surface area (Å²) in [5.41, 5.74) is 2.65. The van der Waals surface area contributed by atoms with E-state index in [1.54, 1.807) is 48.2 Å². The van der Waals surface area contributed by atoms with Crippen LogP contribution in [-0.2, 0) is 11.2 Å². The average molecular weight is 356 g/mol. The monoisotopic (exact) mass is 356 g/mol. The minimum Gasteiger partial charge on any atom is -0.465 e. The van der Waals surface area contributed by atoms with E-state index in [1.807, 2.05) is 6.07 Å². The van der Waals surface area contributed by atoms with E-state index < -0.39 is 11.8 Å². The SMILES string of the molecule is COC(=O)c1cccc2c1CCCN2C(=O)c1ccc(N(C)C)c(F)c1. The van der Waals surface area contributed by atoms with Gasteiger partial charge in [-0.15, -0.1) is 0 Å². The number of amides is 1. The second-order valence-electron chi connectivity index (χ2n) is 6.42. The first-order chi connectivity index (χ1) is 12.4. The summed E-state index contributed by atoms with van der Waals surface area (Å²) in [6.07, 6.45) is 1.42. The predicted octanol–water partition coefficient (Wildman–Crippen LogP) is 3.27. The standard InChI is InChI=1S/C20H21FN2O3/c1-22(2)18-10-9-13(12-16(18)21)19(24)23-11-5-7-14-15(20(25)26-3)6-4-8-17(14)23/h4,6,8-10,12H,5,7,11H2,1-3H3. The quantitative estimate of drug-likeness (QED) is 0.792. The molecular formula is C20H21FN2O3. The van der Waals surface area contributed by atoms with Crippen LogP contribution in [0.25, 0.3) is 0 Å². The highest BCUT2D eigenvalue weighted by Crippen LogP contribution is 2.32. The van der Waals surface area contributed by atoms with Gasteiger partial charge in [0.15, 0.2) is 0 Å². The van der Waals surface area contributed by atoms with Crippen LogP contribution in [0.4, 0.5) is 15.8 Å². The maximum atomic E-state index is 14.3. The maximum absolute atomic E-state index is 14.3. The number of esters is 1. The van der Waals surface area contributed by atoms with Crippen molar-refractivity contribution < 1.29 is 18.7 Å². The zero-order chi connectivity index (χ0) is 18.8. The van der Waals surface area contributed by atoms with Crippen molar-refractivity contribution in [1.29, 1.82) is 0 Å². The van der Waals surface area contributed by atoms with E-state index in [1.165, 1.54) is 13.2 Å². The Kier molecular flexibility index (Phi) is 4.93. The Labute approximate surface area is 152 Å². The van der Waals surface area contributed by atoms with Crippen molar-refractivity contribution in [3.8, 4) is 0 Å². The van der Waals surface area contributed by atoms with Crippen molar-refractivity contribution in [3.05, 3.63) is 58.9 Å². The van der Waals surface area contributed by atoms with E-state index in [0.29, 0.717) is 29.9 Å². The molecule has 0 bridgehead atoms. The zero-order valence-electron chi connectivity index (χ0n) is 15.1. The molecule has 3 rings (SSSR count). The Hall–Kier alpha value is -2.89. The molecule has 1 aliphatic heterocycles. The summed E-state index contributed by atoms with van der Waals surface area (Å²) in [6.45, 7) is 0.521. The van der Waals surface area contributed by atoms with Crippen LogP contribution >= 0.6 is 0 Å². The molecule has 0 atom stereocenters. The number of anilines is 2. The smallest absolute Gasteiger partial charge is 0.338 e. The molecule has 26 heavy (non-hydrogen) atoms. The number of carbonyl (C=O) groups is 2. The van der Waals surface area contributed by atoms with Gasteiger partial charge in [0.05, 0.1) is 18.4 Å². The number of rotatable bonds is 3. The van der Waals surface area contributed by atoms with E-state index in [2.05, 4.69) is 0 Å². The van der Waals surface area contributed by atoms with Crippen LogP contribution in [0, 0.1) is 5.82 Å². The number of hydrogen-bond acceptors (Lipinski definition) is 4. The van der Waals surface area contributed by atoms with Crippen LogP contribution in [0.5, 0.6) is 0 Å². The fraction of sp³-hybridized carbons (Fsp3) is 0.300. The van der Waals surface area contributed by atoms with Crippen LogP contribution in [0.15, 0.2) is 36.4 Å². The first kappa shape index (κ1) is 17.9. The Morgan fingerprint density at radius 3 is 2.62 bits per heavy atom. The van der Waals surface area contributed by atoms with Gasteiger partial charge in [-0.1, -0.05) is 6.07 Å². The minimum absolute atomic E-state index is 0.280. The molecule has 1 heterocycles. The number of ether oxygens (including phenoxy) is 1. The lowest BCUT2D eigenvalue weighted by atomic mass is 9.95. The third-order valence-corrected chi connectivity index (χ3v) is 4.58. The number of methoxy groups -OCH3 is 1. The van der Waals surface area contributed by atoms with Crippen LogP contribution in [0.2, 0.25) is 0 Å². The van der Waals surface area contributed by atoms with E-state index in [9.17, 15) is 14.0 Å². The number of benzene rings is 2. The van der Waals surface area contributed by atoms with Crippen molar-refractivity contribution in [2.45, 2.75) is 12.8 Å². The van der Waals surface area contributed by atoms with E-state index in [-0.39, 0.29) is 11.5 Å². The molecule has 0 spiro atoms. The van der Waals surface area contributed by atoms with Crippen LogP contribution < -0.4 is 9.80 Å². The number of hydrogen-bond donors (Lipinski definition) is 0. The molecule has 0 aliphatic carbocycles. The van der Waals surface area contributed by atoms with Gasteiger partial charge in [0.2, 0.25) is 0 Å². The van der Waals surface area contributed by atoms with E-state index in [4.69, 9.17) is 4.74 Å². The topological polar surface area (TPSA) is 49.9 Å². The molecule has 0 saturated heterocycles. The highest BCUT2D eigenvalue weighted by atomic mass is 19.1.